The van der Waals surface area contributed by atoms with Crippen molar-refractivity contribution in [3.63, 3.8) is 0 Å². The molecule has 0 aliphatic heterocycles. The number of nitrogens with one attached hydrogen (secondary N) is 1. The predicted molar refractivity (Wildman–Crippen MR) is 57.4 cm³/mol. The summed E-state index contributed by atoms with van der Waals surface area (Å²) in [5.41, 5.74) is 4.37. The van der Waals surface area contributed by atoms with Crippen LogP contribution in [0.3, 0.4) is 0 Å². The topological polar surface area (TPSA) is 72.2 Å². The maximum atomic E-state index is 13.1. The molecule has 0 aromatic heterocycles. The van der Waals surface area contributed by atoms with E-state index in [9.17, 15) is 21.6 Å². The van der Waals surface area contributed by atoms with Crippen molar-refractivity contribution < 1.29 is 21.6 Å². The van der Waals surface area contributed by atoms with Crippen molar-refractivity contribution in [1.82, 2.24) is 0 Å². The van der Waals surface area contributed by atoms with Gasteiger partial charge in [0.25, 0.3) is 0 Å². The van der Waals surface area contributed by atoms with E-state index in [4.69, 9.17) is 5.73 Å². The molecule has 0 bridgehead atoms. The van der Waals surface area contributed by atoms with Gasteiger partial charge in [-0.3, -0.25) is 4.72 Å². The van der Waals surface area contributed by atoms with Crippen LogP contribution in [0.5, 0.6) is 0 Å². The minimum Gasteiger partial charge on any atom is -0.330 e. The van der Waals surface area contributed by atoms with Gasteiger partial charge in [0.1, 0.15) is 5.82 Å². The first-order valence-corrected chi connectivity index (χ1v) is 6.36. The molecular formula is C9H11F3N2O2S. The molecule has 0 heterocycles. The zero-order chi connectivity index (χ0) is 13.1. The van der Waals surface area contributed by atoms with Crippen LogP contribution in [0.4, 0.5) is 18.9 Å². The number of benzene rings is 1. The Labute approximate surface area is 96.7 Å². The van der Waals surface area contributed by atoms with Crippen molar-refractivity contribution in [2.75, 3.05) is 17.0 Å². The van der Waals surface area contributed by atoms with E-state index in [2.05, 4.69) is 0 Å². The van der Waals surface area contributed by atoms with Crippen LogP contribution >= 0.6 is 0 Å². The molecule has 0 fully saturated rings. The average molecular weight is 268 g/mol. The molecule has 0 saturated heterocycles. The molecule has 1 aromatic rings. The molecule has 17 heavy (non-hydrogen) atoms. The van der Waals surface area contributed by atoms with Crippen LogP contribution in [0.15, 0.2) is 12.1 Å². The lowest BCUT2D eigenvalue weighted by atomic mass is 10.3. The summed E-state index contributed by atoms with van der Waals surface area (Å²) in [4.78, 5) is 0. The summed E-state index contributed by atoms with van der Waals surface area (Å²) in [6, 6.07) is 0.894. The molecule has 0 unspecified atom stereocenters. The smallest absolute Gasteiger partial charge is 0.232 e. The van der Waals surface area contributed by atoms with E-state index >= 15 is 0 Å². The SMILES string of the molecule is NCCCS(=O)(=O)Nc1cc(F)cc(F)c1F. The summed E-state index contributed by atoms with van der Waals surface area (Å²) in [5.74, 6) is -4.31. The highest BCUT2D eigenvalue weighted by atomic mass is 32.2. The number of anilines is 1. The Morgan fingerprint density at radius 1 is 1.24 bits per heavy atom. The Balaban J connectivity index is 2.95. The number of sulfonamides is 1. The van der Waals surface area contributed by atoms with E-state index in [1.165, 1.54) is 0 Å². The Morgan fingerprint density at radius 2 is 1.88 bits per heavy atom. The molecule has 0 saturated carbocycles. The molecule has 8 heteroatoms. The fourth-order valence-corrected chi connectivity index (χ4v) is 2.25. The van der Waals surface area contributed by atoms with Gasteiger partial charge in [-0.05, 0) is 13.0 Å². The first kappa shape index (κ1) is 13.8. The minimum absolute atomic E-state index is 0.140. The molecule has 0 radical (unpaired) electrons. The molecule has 1 aromatic carbocycles. The van der Waals surface area contributed by atoms with E-state index < -0.39 is 33.2 Å². The molecule has 1 rings (SSSR count). The second kappa shape index (κ2) is 5.37. The highest BCUT2D eigenvalue weighted by Crippen LogP contribution is 2.20. The van der Waals surface area contributed by atoms with Crippen LogP contribution in [0.25, 0.3) is 0 Å². The van der Waals surface area contributed by atoms with Gasteiger partial charge in [0.05, 0.1) is 11.4 Å². The summed E-state index contributed by atoms with van der Waals surface area (Å²) >= 11 is 0. The van der Waals surface area contributed by atoms with Crippen molar-refractivity contribution in [2.45, 2.75) is 6.42 Å². The first-order valence-electron chi connectivity index (χ1n) is 4.71. The molecular weight excluding hydrogens is 257 g/mol. The number of rotatable bonds is 5. The van der Waals surface area contributed by atoms with Crippen molar-refractivity contribution in [2.24, 2.45) is 5.73 Å². The van der Waals surface area contributed by atoms with E-state index in [1.54, 1.807) is 4.72 Å². The summed E-state index contributed by atoms with van der Waals surface area (Å²) in [6.45, 7) is 0.140. The van der Waals surface area contributed by atoms with Crippen molar-refractivity contribution >= 4 is 15.7 Å². The normalized spacial score (nSPS) is 11.5. The van der Waals surface area contributed by atoms with E-state index in [0.29, 0.717) is 12.1 Å². The van der Waals surface area contributed by atoms with Crippen LogP contribution in [0, 0.1) is 17.5 Å². The van der Waals surface area contributed by atoms with Gasteiger partial charge in [-0.15, -0.1) is 0 Å². The number of halogens is 3. The Bertz CT molecular complexity index is 505. The third-order valence-corrected chi connectivity index (χ3v) is 3.23. The highest BCUT2D eigenvalue weighted by Gasteiger charge is 2.16. The molecule has 4 nitrogen and oxygen atoms in total. The van der Waals surface area contributed by atoms with Crippen molar-refractivity contribution in [3.8, 4) is 0 Å². The van der Waals surface area contributed by atoms with E-state index in [-0.39, 0.29) is 18.7 Å². The molecule has 0 aliphatic rings. The quantitative estimate of drug-likeness (QED) is 0.788. The van der Waals surface area contributed by atoms with E-state index in [1.807, 2.05) is 0 Å². The second-order valence-electron chi connectivity index (χ2n) is 3.31. The van der Waals surface area contributed by atoms with Crippen LogP contribution in [0.2, 0.25) is 0 Å². The Morgan fingerprint density at radius 3 is 2.47 bits per heavy atom. The Kier molecular flexibility index (Phi) is 4.35. The third-order valence-electron chi connectivity index (χ3n) is 1.88. The number of nitrogens with two attached hydrogens (primary N) is 1. The largest absolute Gasteiger partial charge is 0.330 e. The van der Waals surface area contributed by atoms with Gasteiger partial charge in [0, 0.05) is 12.1 Å². The standard InChI is InChI=1S/C9H11F3N2O2S/c10-6-4-7(11)9(12)8(5-6)14-17(15,16)3-1-2-13/h4-5,14H,1-3,13H2. The van der Waals surface area contributed by atoms with Crippen LogP contribution < -0.4 is 10.5 Å². The van der Waals surface area contributed by atoms with Crippen molar-refractivity contribution in [3.05, 3.63) is 29.6 Å². The maximum absolute atomic E-state index is 13.1. The fourth-order valence-electron chi connectivity index (χ4n) is 1.12. The van der Waals surface area contributed by atoms with Crippen LogP contribution in [-0.4, -0.2) is 20.7 Å². The molecule has 0 amide bonds. The Hall–Kier alpha value is -1.28. The molecule has 3 N–H and O–H groups in total. The van der Waals surface area contributed by atoms with Gasteiger partial charge in [-0.25, -0.2) is 21.6 Å². The predicted octanol–water partition coefficient (Wildman–Crippen LogP) is 1.19. The van der Waals surface area contributed by atoms with Gasteiger partial charge in [0.15, 0.2) is 11.6 Å². The summed E-state index contributed by atoms with van der Waals surface area (Å²) in [6.07, 6.45) is 0.161. The second-order valence-corrected chi connectivity index (χ2v) is 5.15. The molecule has 0 spiro atoms. The zero-order valence-electron chi connectivity index (χ0n) is 8.71. The molecule has 96 valence electrons. The van der Waals surface area contributed by atoms with Gasteiger partial charge in [-0.1, -0.05) is 0 Å². The highest BCUT2D eigenvalue weighted by molar-refractivity contribution is 7.92. The number of hydrogen-bond acceptors (Lipinski definition) is 3. The zero-order valence-corrected chi connectivity index (χ0v) is 9.53. The van der Waals surface area contributed by atoms with Gasteiger partial charge in [-0.2, -0.15) is 0 Å². The van der Waals surface area contributed by atoms with E-state index in [0.717, 1.165) is 0 Å². The van der Waals surface area contributed by atoms with Gasteiger partial charge < -0.3 is 5.73 Å². The van der Waals surface area contributed by atoms with Gasteiger partial charge >= 0.3 is 0 Å². The molecule has 0 atom stereocenters. The lowest BCUT2D eigenvalue weighted by Gasteiger charge is -2.08. The lowest BCUT2D eigenvalue weighted by molar-refractivity contribution is 0.498. The summed E-state index contributed by atoms with van der Waals surface area (Å²) < 4.78 is 63.2. The van der Waals surface area contributed by atoms with Gasteiger partial charge in [0.2, 0.25) is 10.0 Å². The summed E-state index contributed by atoms with van der Waals surface area (Å²) in [5, 5.41) is 0. The molecule has 0 aliphatic carbocycles. The van der Waals surface area contributed by atoms with Crippen LogP contribution in [-0.2, 0) is 10.0 Å². The first-order chi connectivity index (χ1) is 7.85. The minimum atomic E-state index is -3.86. The number of hydrogen-bond donors (Lipinski definition) is 2. The fraction of sp³-hybridized carbons (Fsp3) is 0.333. The lowest BCUT2D eigenvalue weighted by Crippen LogP contribution is -2.20. The third kappa shape index (κ3) is 3.90. The maximum Gasteiger partial charge on any atom is 0.232 e. The summed E-state index contributed by atoms with van der Waals surface area (Å²) in [7, 11) is -3.86. The average Bonchev–Trinajstić information content (AvgIpc) is 2.22. The monoisotopic (exact) mass is 268 g/mol. The van der Waals surface area contributed by atoms with Crippen molar-refractivity contribution in [1.29, 1.82) is 0 Å². The van der Waals surface area contributed by atoms with Crippen LogP contribution in [0.1, 0.15) is 6.42 Å².